The van der Waals surface area contributed by atoms with E-state index >= 15 is 0 Å². The van der Waals surface area contributed by atoms with Crippen LogP contribution in [0.3, 0.4) is 0 Å². The molecule has 28 heavy (non-hydrogen) atoms. The monoisotopic (exact) mass is 392 g/mol. The molecule has 3 aliphatic rings. The molecule has 0 radical (unpaired) electrons. The van der Waals surface area contributed by atoms with E-state index in [0.29, 0.717) is 24.4 Å². The van der Waals surface area contributed by atoms with Crippen LogP contribution in [0.15, 0.2) is 0 Å². The minimum Gasteiger partial charge on any atom is -0.353 e. The van der Waals surface area contributed by atoms with Gasteiger partial charge >= 0.3 is 0 Å². The molecule has 1 saturated carbocycles. The maximum Gasteiger partial charge on any atom is 0.223 e. The lowest BCUT2D eigenvalue weighted by Gasteiger charge is -2.37. The lowest BCUT2D eigenvalue weighted by atomic mass is 9.85. The van der Waals surface area contributed by atoms with Gasteiger partial charge in [0.25, 0.3) is 0 Å². The van der Waals surface area contributed by atoms with E-state index in [-0.39, 0.29) is 17.2 Å². The molecule has 2 atom stereocenters. The zero-order valence-corrected chi connectivity index (χ0v) is 18.4. The van der Waals surface area contributed by atoms with Crippen LogP contribution >= 0.6 is 0 Å². The molecule has 0 aromatic carbocycles. The number of amides is 2. The molecule has 2 heterocycles. The number of piperazine rings is 1. The SMILES string of the molecule is CC(C)C(=O)NC1CCC2(CCN(C(=O)CCN3CCN(C(C)C)CC3)C2)C1. The second kappa shape index (κ2) is 9.12. The highest BCUT2D eigenvalue weighted by Crippen LogP contribution is 2.45. The second-order valence-electron chi connectivity index (χ2n) is 9.89. The van der Waals surface area contributed by atoms with Gasteiger partial charge in [-0.2, -0.15) is 0 Å². The molecule has 2 aliphatic heterocycles. The number of carbonyl (C=O) groups excluding carboxylic acids is 2. The van der Waals surface area contributed by atoms with E-state index < -0.39 is 0 Å². The number of carbonyl (C=O) groups is 2. The topological polar surface area (TPSA) is 55.9 Å². The van der Waals surface area contributed by atoms with Crippen LogP contribution in [0.4, 0.5) is 0 Å². The Labute approximate surface area is 171 Å². The highest BCUT2D eigenvalue weighted by Gasteiger charge is 2.45. The zero-order chi connectivity index (χ0) is 20.3. The minimum absolute atomic E-state index is 0.0422. The molecule has 0 aromatic heterocycles. The Bertz CT molecular complexity index is 557. The predicted molar refractivity (Wildman–Crippen MR) is 112 cm³/mol. The van der Waals surface area contributed by atoms with Crippen molar-refractivity contribution in [3.8, 4) is 0 Å². The predicted octanol–water partition coefficient (Wildman–Crippen LogP) is 1.95. The average molecular weight is 393 g/mol. The maximum atomic E-state index is 12.8. The number of hydrogen-bond donors (Lipinski definition) is 1. The molecule has 2 saturated heterocycles. The van der Waals surface area contributed by atoms with Crippen LogP contribution < -0.4 is 5.32 Å². The molecule has 160 valence electrons. The summed E-state index contributed by atoms with van der Waals surface area (Å²) in [5.74, 6) is 0.518. The van der Waals surface area contributed by atoms with Crippen molar-refractivity contribution < 1.29 is 9.59 Å². The van der Waals surface area contributed by atoms with Gasteiger partial charge < -0.3 is 15.1 Å². The zero-order valence-electron chi connectivity index (χ0n) is 18.4. The summed E-state index contributed by atoms with van der Waals surface area (Å²) >= 11 is 0. The molecule has 6 heteroatoms. The number of likely N-dealkylation sites (tertiary alicyclic amines) is 1. The fourth-order valence-electron chi connectivity index (χ4n) is 5.13. The first kappa shape index (κ1) is 21.6. The molecule has 0 bridgehead atoms. The van der Waals surface area contributed by atoms with Gasteiger partial charge in [-0.3, -0.25) is 14.5 Å². The standard InChI is InChI=1S/C22H40N4O2/c1-17(2)21(28)23-19-5-7-22(15-19)8-10-26(16-22)20(27)6-9-24-11-13-25(14-12-24)18(3)4/h17-19H,5-16H2,1-4H3,(H,23,28). The van der Waals surface area contributed by atoms with Crippen LogP contribution in [-0.4, -0.2) is 84.4 Å². The lowest BCUT2D eigenvalue weighted by molar-refractivity contribution is -0.131. The summed E-state index contributed by atoms with van der Waals surface area (Å²) in [4.78, 5) is 31.8. The minimum atomic E-state index is 0.0422. The molecule has 1 spiro atoms. The molecular formula is C22H40N4O2. The molecule has 2 amide bonds. The third-order valence-electron chi connectivity index (χ3n) is 7.14. The molecule has 6 nitrogen and oxygen atoms in total. The number of hydrogen-bond acceptors (Lipinski definition) is 4. The van der Waals surface area contributed by atoms with Crippen LogP contribution in [-0.2, 0) is 9.59 Å². The van der Waals surface area contributed by atoms with E-state index in [1.807, 2.05) is 13.8 Å². The van der Waals surface area contributed by atoms with Crippen molar-refractivity contribution >= 4 is 11.8 Å². The summed E-state index contributed by atoms with van der Waals surface area (Å²) in [6.07, 6.45) is 4.97. The van der Waals surface area contributed by atoms with E-state index in [0.717, 1.165) is 71.5 Å². The van der Waals surface area contributed by atoms with Crippen LogP contribution in [0.1, 0.15) is 59.8 Å². The van der Waals surface area contributed by atoms with Crippen molar-refractivity contribution in [2.45, 2.75) is 71.9 Å². The lowest BCUT2D eigenvalue weighted by Crippen LogP contribution is -2.49. The molecule has 3 rings (SSSR count). The number of rotatable bonds is 6. The van der Waals surface area contributed by atoms with Crippen molar-refractivity contribution in [3.05, 3.63) is 0 Å². The van der Waals surface area contributed by atoms with Crippen LogP contribution in [0.2, 0.25) is 0 Å². The van der Waals surface area contributed by atoms with Gasteiger partial charge in [-0.25, -0.2) is 0 Å². The van der Waals surface area contributed by atoms with Crippen LogP contribution in [0.25, 0.3) is 0 Å². The summed E-state index contributed by atoms with van der Waals surface area (Å²) in [6, 6.07) is 0.910. The van der Waals surface area contributed by atoms with Gasteiger partial charge in [0.15, 0.2) is 0 Å². The number of nitrogens with zero attached hydrogens (tertiary/aromatic N) is 3. The molecule has 1 N–H and O–H groups in total. The second-order valence-corrected chi connectivity index (χ2v) is 9.89. The van der Waals surface area contributed by atoms with Crippen LogP contribution in [0.5, 0.6) is 0 Å². The van der Waals surface area contributed by atoms with Gasteiger partial charge in [0.05, 0.1) is 0 Å². The Morgan fingerprint density at radius 2 is 1.75 bits per heavy atom. The van der Waals surface area contributed by atoms with E-state index in [4.69, 9.17) is 0 Å². The molecule has 3 fully saturated rings. The Morgan fingerprint density at radius 1 is 1.04 bits per heavy atom. The summed E-state index contributed by atoms with van der Waals surface area (Å²) in [5.41, 5.74) is 0.244. The van der Waals surface area contributed by atoms with Crippen LogP contribution in [0, 0.1) is 11.3 Å². The smallest absolute Gasteiger partial charge is 0.223 e. The fraction of sp³-hybridized carbons (Fsp3) is 0.909. The molecular weight excluding hydrogens is 352 g/mol. The van der Waals surface area contributed by atoms with Crippen molar-refractivity contribution in [2.24, 2.45) is 11.3 Å². The van der Waals surface area contributed by atoms with Crippen molar-refractivity contribution in [1.29, 1.82) is 0 Å². The maximum absolute atomic E-state index is 12.8. The Morgan fingerprint density at radius 3 is 2.39 bits per heavy atom. The van der Waals surface area contributed by atoms with Gasteiger partial charge in [-0.05, 0) is 44.9 Å². The third kappa shape index (κ3) is 5.26. The summed E-state index contributed by atoms with van der Waals surface area (Å²) in [6.45, 7) is 15.4. The molecule has 2 unspecified atom stereocenters. The highest BCUT2D eigenvalue weighted by molar-refractivity contribution is 5.78. The molecule has 0 aromatic rings. The van der Waals surface area contributed by atoms with Crippen molar-refractivity contribution in [2.75, 3.05) is 45.8 Å². The van der Waals surface area contributed by atoms with E-state index in [1.54, 1.807) is 0 Å². The third-order valence-corrected chi connectivity index (χ3v) is 7.14. The summed E-state index contributed by atoms with van der Waals surface area (Å²) < 4.78 is 0. The fourth-order valence-corrected chi connectivity index (χ4v) is 5.13. The average Bonchev–Trinajstić information content (AvgIpc) is 3.26. The van der Waals surface area contributed by atoms with Gasteiger partial charge in [0, 0.05) is 70.2 Å². The summed E-state index contributed by atoms with van der Waals surface area (Å²) in [5, 5.41) is 3.20. The quantitative estimate of drug-likeness (QED) is 0.751. The van der Waals surface area contributed by atoms with Gasteiger partial charge in [-0.15, -0.1) is 0 Å². The van der Waals surface area contributed by atoms with E-state index in [9.17, 15) is 9.59 Å². The summed E-state index contributed by atoms with van der Waals surface area (Å²) in [7, 11) is 0. The number of nitrogens with one attached hydrogen (secondary N) is 1. The van der Waals surface area contributed by atoms with E-state index in [2.05, 4.69) is 33.9 Å². The highest BCUT2D eigenvalue weighted by atomic mass is 16.2. The van der Waals surface area contributed by atoms with E-state index in [1.165, 1.54) is 0 Å². The normalized spacial score (nSPS) is 29.4. The van der Waals surface area contributed by atoms with Gasteiger partial charge in [0.1, 0.15) is 0 Å². The Hall–Kier alpha value is -1.14. The molecule has 1 aliphatic carbocycles. The van der Waals surface area contributed by atoms with Gasteiger partial charge in [-0.1, -0.05) is 13.8 Å². The van der Waals surface area contributed by atoms with Crippen molar-refractivity contribution in [3.63, 3.8) is 0 Å². The first-order valence-corrected chi connectivity index (χ1v) is 11.3. The van der Waals surface area contributed by atoms with Gasteiger partial charge in [0.2, 0.25) is 11.8 Å². The Balaban J connectivity index is 1.39. The van der Waals surface area contributed by atoms with Crippen molar-refractivity contribution in [1.82, 2.24) is 20.0 Å². The first-order valence-electron chi connectivity index (χ1n) is 11.3. The Kier molecular flexibility index (Phi) is 7.02. The first-order chi connectivity index (χ1) is 13.3. The largest absolute Gasteiger partial charge is 0.353 e.